The van der Waals surface area contributed by atoms with Crippen LogP contribution in [0.4, 0.5) is 5.69 Å². The molecule has 0 N–H and O–H groups in total. The van der Waals surface area contributed by atoms with Crippen LogP contribution >= 0.6 is 0 Å². The van der Waals surface area contributed by atoms with Crippen molar-refractivity contribution in [3.8, 4) is 0 Å². The van der Waals surface area contributed by atoms with Crippen molar-refractivity contribution in [3.63, 3.8) is 0 Å². The smallest absolute Gasteiger partial charge is 0.273 e. The second kappa shape index (κ2) is 6.80. The van der Waals surface area contributed by atoms with Gasteiger partial charge in [-0.1, -0.05) is 55.0 Å². The average Bonchev–Trinajstić information content (AvgIpc) is 2.53. The number of hydrogen-bond donors (Lipinski definition) is 0. The van der Waals surface area contributed by atoms with E-state index < -0.39 is 4.92 Å². The fraction of sp³-hybridized carbons (Fsp3) is 0.167. The van der Waals surface area contributed by atoms with Gasteiger partial charge in [0.15, 0.2) is 5.78 Å². The SMILES string of the molecule is CCc1ccc(/C=C/C(=O)c2ccc(C)cc2)cc1[N+](=O)[O-]. The first-order valence-electron chi connectivity index (χ1n) is 7.07. The molecule has 0 aliphatic rings. The Balaban J connectivity index is 2.22. The number of carbonyl (C=O) groups is 1. The van der Waals surface area contributed by atoms with Crippen LogP contribution in [0.25, 0.3) is 6.08 Å². The lowest BCUT2D eigenvalue weighted by atomic mass is 10.0. The van der Waals surface area contributed by atoms with Crippen LogP contribution in [0.15, 0.2) is 48.5 Å². The summed E-state index contributed by atoms with van der Waals surface area (Å²) >= 11 is 0. The molecule has 22 heavy (non-hydrogen) atoms. The first-order chi connectivity index (χ1) is 10.5. The van der Waals surface area contributed by atoms with E-state index >= 15 is 0 Å². The largest absolute Gasteiger partial charge is 0.289 e. The fourth-order valence-corrected chi connectivity index (χ4v) is 2.14. The van der Waals surface area contributed by atoms with Gasteiger partial charge in [0.2, 0.25) is 0 Å². The van der Waals surface area contributed by atoms with E-state index in [0.717, 1.165) is 5.56 Å². The first kappa shape index (κ1) is 15.6. The minimum Gasteiger partial charge on any atom is -0.289 e. The third-order valence-corrected chi connectivity index (χ3v) is 3.45. The number of rotatable bonds is 5. The molecule has 2 aromatic rings. The van der Waals surface area contributed by atoms with Gasteiger partial charge in [-0.25, -0.2) is 0 Å². The maximum atomic E-state index is 12.1. The molecule has 0 aliphatic heterocycles. The predicted octanol–water partition coefficient (Wildman–Crippen LogP) is 4.36. The van der Waals surface area contributed by atoms with Gasteiger partial charge in [-0.15, -0.1) is 0 Å². The molecule has 0 atom stereocenters. The molecular formula is C18H17NO3. The van der Waals surface area contributed by atoms with Crippen molar-refractivity contribution >= 4 is 17.5 Å². The van der Waals surface area contributed by atoms with Gasteiger partial charge < -0.3 is 0 Å². The summed E-state index contributed by atoms with van der Waals surface area (Å²) in [5.41, 5.74) is 3.11. The van der Waals surface area contributed by atoms with E-state index in [1.807, 2.05) is 26.0 Å². The third kappa shape index (κ3) is 3.67. The highest BCUT2D eigenvalue weighted by molar-refractivity contribution is 6.06. The van der Waals surface area contributed by atoms with Gasteiger partial charge >= 0.3 is 0 Å². The molecule has 0 unspecified atom stereocenters. The Morgan fingerprint density at radius 2 is 1.86 bits per heavy atom. The van der Waals surface area contributed by atoms with E-state index in [2.05, 4.69) is 0 Å². The Morgan fingerprint density at radius 1 is 1.18 bits per heavy atom. The van der Waals surface area contributed by atoms with Crippen molar-refractivity contribution < 1.29 is 9.72 Å². The molecule has 0 saturated heterocycles. The Morgan fingerprint density at radius 3 is 2.45 bits per heavy atom. The van der Waals surface area contributed by atoms with Gasteiger partial charge in [0, 0.05) is 17.2 Å². The summed E-state index contributed by atoms with van der Waals surface area (Å²) in [6, 6.07) is 12.3. The van der Waals surface area contributed by atoms with Crippen molar-refractivity contribution in [1.82, 2.24) is 0 Å². The number of nitro groups is 1. The zero-order valence-corrected chi connectivity index (χ0v) is 12.6. The maximum absolute atomic E-state index is 12.1. The number of ketones is 1. The van der Waals surface area contributed by atoms with E-state index in [4.69, 9.17) is 0 Å². The second-order valence-electron chi connectivity index (χ2n) is 5.06. The lowest BCUT2D eigenvalue weighted by Crippen LogP contribution is -1.96. The van der Waals surface area contributed by atoms with Gasteiger partial charge in [-0.3, -0.25) is 14.9 Å². The lowest BCUT2D eigenvalue weighted by Gasteiger charge is -2.01. The summed E-state index contributed by atoms with van der Waals surface area (Å²) in [5, 5.41) is 11.0. The molecule has 2 rings (SSSR count). The monoisotopic (exact) mass is 295 g/mol. The van der Waals surface area contributed by atoms with E-state index in [1.165, 1.54) is 12.1 Å². The molecule has 112 valence electrons. The number of nitro benzene ring substituents is 1. The number of carbonyl (C=O) groups excluding carboxylic acids is 1. The van der Waals surface area contributed by atoms with Crippen LogP contribution < -0.4 is 0 Å². The second-order valence-corrected chi connectivity index (χ2v) is 5.06. The highest BCUT2D eigenvalue weighted by Gasteiger charge is 2.12. The minimum atomic E-state index is -0.391. The van der Waals surface area contributed by atoms with Crippen LogP contribution in [0.1, 0.15) is 34.0 Å². The van der Waals surface area contributed by atoms with Crippen LogP contribution in [0.3, 0.4) is 0 Å². The molecule has 4 nitrogen and oxygen atoms in total. The zero-order chi connectivity index (χ0) is 16.1. The van der Waals surface area contributed by atoms with Gasteiger partial charge in [-0.2, -0.15) is 0 Å². The number of aryl methyl sites for hydroxylation is 2. The van der Waals surface area contributed by atoms with Crippen LogP contribution in [0, 0.1) is 17.0 Å². The zero-order valence-electron chi connectivity index (χ0n) is 12.6. The Hall–Kier alpha value is -2.75. The average molecular weight is 295 g/mol. The van der Waals surface area contributed by atoms with Crippen molar-refractivity contribution in [2.45, 2.75) is 20.3 Å². The molecule has 0 radical (unpaired) electrons. The van der Waals surface area contributed by atoms with Crippen LogP contribution in [-0.2, 0) is 6.42 Å². The summed E-state index contributed by atoms with van der Waals surface area (Å²) in [4.78, 5) is 22.7. The van der Waals surface area contributed by atoms with Crippen molar-refractivity contribution in [2.75, 3.05) is 0 Å². The standard InChI is InChI=1S/C18H17NO3/c1-3-15-10-6-14(12-17(15)19(21)22)7-11-18(20)16-8-4-13(2)5-9-16/h4-12H,3H2,1-2H3/b11-7+. The molecule has 0 saturated carbocycles. The predicted molar refractivity (Wildman–Crippen MR) is 87.0 cm³/mol. The third-order valence-electron chi connectivity index (χ3n) is 3.45. The number of allylic oxidation sites excluding steroid dienone is 1. The Kier molecular flexibility index (Phi) is 4.84. The Bertz CT molecular complexity index is 730. The van der Waals surface area contributed by atoms with Crippen LogP contribution in [-0.4, -0.2) is 10.7 Å². The van der Waals surface area contributed by atoms with Gasteiger partial charge in [-0.05, 0) is 25.0 Å². The normalized spacial score (nSPS) is 10.8. The van der Waals surface area contributed by atoms with Gasteiger partial charge in [0.05, 0.1) is 4.92 Å². The van der Waals surface area contributed by atoms with E-state index in [1.54, 1.807) is 30.3 Å². The summed E-state index contributed by atoms with van der Waals surface area (Å²) in [6.07, 6.45) is 3.65. The quantitative estimate of drug-likeness (QED) is 0.356. The van der Waals surface area contributed by atoms with Crippen LogP contribution in [0.2, 0.25) is 0 Å². The summed E-state index contributed by atoms with van der Waals surface area (Å²) < 4.78 is 0. The van der Waals surface area contributed by atoms with Crippen molar-refractivity contribution in [2.24, 2.45) is 0 Å². The molecule has 4 heteroatoms. The van der Waals surface area contributed by atoms with Gasteiger partial charge in [0.25, 0.3) is 5.69 Å². The molecule has 0 aliphatic carbocycles. The number of hydrogen-bond acceptors (Lipinski definition) is 3. The fourth-order valence-electron chi connectivity index (χ4n) is 2.14. The molecular weight excluding hydrogens is 278 g/mol. The molecule has 0 bridgehead atoms. The van der Waals surface area contributed by atoms with Gasteiger partial charge in [0.1, 0.15) is 0 Å². The first-order valence-corrected chi connectivity index (χ1v) is 7.07. The van der Waals surface area contributed by atoms with E-state index in [9.17, 15) is 14.9 Å². The minimum absolute atomic E-state index is 0.0902. The molecule has 2 aromatic carbocycles. The van der Waals surface area contributed by atoms with Crippen LogP contribution in [0.5, 0.6) is 0 Å². The molecule has 0 spiro atoms. The summed E-state index contributed by atoms with van der Waals surface area (Å²) in [7, 11) is 0. The highest BCUT2D eigenvalue weighted by Crippen LogP contribution is 2.21. The van der Waals surface area contributed by atoms with E-state index in [0.29, 0.717) is 23.1 Å². The van der Waals surface area contributed by atoms with Crippen molar-refractivity contribution in [1.29, 1.82) is 0 Å². The topological polar surface area (TPSA) is 60.2 Å². The number of nitrogens with zero attached hydrogens (tertiary/aromatic N) is 1. The molecule has 0 aromatic heterocycles. The molecule has 0 amide bonds. The highest BCUT2D eigenvalue weighted by atomic mass is 16.6. The molecule has 0 heterocycles. The van der Waals surface area contributed by atoms with E-state index in [-0.39, 0.29) is 11.5 Å². The van der Waals surface area contributed by atoms with Crippen molar-refractivity contribution in [3.05, 3.63) is 80.9 Å². The molecule has 0 fully saturated rings. The summed E-state index contributed by atoms with van der Waals surface area (Å²) in [6.45, 7) is 3.83. The maximum Gasteiger partial charge on any atom is 0.273 e. The lowest BCUT2D eigenvalue weighted by molar-refractivity contribution is -0.385. The summed E-state index contributed by atoms with van der Waals surface area (Å²) in [5.74, 6) is -0.123. The number of benzene rings is 2. The Labute approximate surface area is 129 Å².